The average molecular weight is 157 g/mol. The molecule has 1 aliphatic rings. The molecule has 0 bridgehead atoms. The number of nitrogens with one attached hydrogen (secondary N) is 1. The third kappa shape index (κ3) is 2.50. The van der Waals surface area contributed by atoms with E-state index in [9.17, 15) is 4.79 Å². The quantitative estimate of drug-likeness (QED) is 0.636. The highest BCUT2D eigenvalue weighted by atomic mass is 16.4. The molecule has 1 rings (SSSR count). The molecule has 0 aromatic rings. The van der Waals surface area contributed by atoms with E-state index in [4.69, 9.17) is 5.11 Å². The Hall–Kier alpha value is -0.570. The van der Waals surface area contributed by atoms with Gasteiger partial charge in [0.25, 0.3) is 0 Å². The van der Waals surface area contributed by atoms with Crippen molar-refractivity contribution in [2.75, 3.05) is 6.54 Å². The summed E-state index contributed by atoms with van der Waals surface area (Å²) < 4.78 is 0. The van der Waals surface area contributed by atoms with Crippen LogP contribution in [-0.2, 0) is 4.79 Å². The third-order valence-electron chi connectivity index (χ3n) is 2.43. The minimum absolute atomic E-state index is 0.0949. The van der Waals surface area contributed by atoms with Crippen molar-refractivity contribution in [2.24, 2.45) is 5.92 Å². The van der Waals surface area contributed by atoms with Crippen molar-refractivity contribution >= 4 is 5.97 Å². The molecule has 0 aliphatic heterocycles. The van der Waals surface area contributed by atoms with Gasteiger partial charge in [-0.2, -0.15) is 0 Å². The summed E-state index contributed by atoms with van der Waals surface area (Å²) in [6.45, 7) is 2.16. The lowest BCUT2D eigenvalue weighted by molar-refractivity contribution is -0.136. The van der Waals surface area contributed by atoms with E-state index in [0.29, 0.717) is 12.0 Å². The van der Waals surface area contributed by atoms with E-state index in [2.05, 4.69) is 12.2 Å². The summed E-state index contributed by atoms with van der Waals surface area (Å²) >= 11 is 0. The molecular formula is C8H15NO2. The summed E-state index contributed by atoms with van der Waals surface area (Å²) in [5, 5.41) is 11.4. The Labute approximate surface area is 66.8 Å². The molecule has 1 fully saturated rings. The predicted molar refractivity (Wildman–Crippen MR) is 42.4 cm³/mol. The summed E-state index contributed by atoms with van der Waals surface area (Å²) in [4.78, 5) is 10.2. The van der Waals surface area contributed by atoms with Crippen LogP contribution in [0.15, 0.2) is 0 Å². The molecule has 64 valence electrons. The highest BCUT2D eigenvalue weighted by molar-refractivity contribution is 5.69. The number of rotatable bonds is 4. The fraction of sp³-hybridized carbons (Fsp3) is 0.875. The van der Waals surface area contributed by atoms with Crippen LogP contribution >= 0.6 is 0 Å². The molecule has 3 heteroatoms. The topological polar surface area (TPSA) is 49.3 Å². The van der Waals surface area contributed by atoms with Crippen molar-refractivity contribution in [3.8, 4) is 0 Å². The predicted octanol–water partition coefficient (Wildman–Crippen LogP) is 0.849. The first-order chi connectivity index (χ1) is 5.20. The second kappa shape index (κ2) is 3.72. The molecular weight excluding hydrogens is 142 g/mol. The van der Waals surface area contributed by atoms with Gasteiger partial charge < -0.3 is 10.4 Å². The maximum Gasteiger partial charge on any atom is 0.317 e. The van der Waals surface area contributed by atoms with Gasteiger partial charge in [-0.25, -0.2) is 0 Å². The first-order valence-corrected chi connectivity index (χ1v) is 4.15. The summed E-state index contributed by atoms with van der Waals surface area (Å²) in [6, 6.07) is 0.375. The molecule has 1 saturated carbocycles. The van der Waals surface area contributed by atoms with Crippen LogP contribution in [0.1, 0.15) is 26.2 Å². The van der Waals surface area contributed by atoms with Crippen molar-refractivity contribution in [3.63, 3.8) is 0 Å². The number of carboxylic acid groups (broad SMARTS) is 1. The van der Waals surface area contributed by atoms with Gasteiger partial charge in [0.05, 0.1) is 6.54 Å². The van der Waals surface area contributed by atoms with Crippen molar-refractivity contribution in [3.05, 3.63) is 0 Å². The van der Waals surface area contributed by atoms with Crippen molar-refractivity contribution in [1.29, 1.82) is 0 Å². The van der Waals surface area contributed by atoms with Gasteiger partial charge in [-0.15, -0.1) is 0 Å². The smallest absolute Gasteiger partial charge is 0.317 e. The molecule has 0 amide bonds. The fourth-order valence-electron chi connectivity index (χ4n) is 1.35. The summed E-state index contributed by atoms with van der Waals surface area (Å²) in [6.07, 6.45) is 3.82. The first-order valence-electron chi connectivity index (χ1n) is 4.15. The summed E-state index contributed by atoms with van der Waals surface area (Å²) in [5.74, 6) is -0.0504. The molecule has 0 spiro atoms. The Morgan fingerprint density at radius 2 is 2.36 bits per heavy atom. The van der Waals surface area contributed by atoms with Gasteiger partial charge in [0.15, 0.2) is 0 Å². The van der Waals surface area contributed by atoms with E-state index < -0.39 is 5.97 Å². The van der Waals surface area contributed by atoms with Gasteiger partial charge in [-0.05, 0) is 25.7 Å². The number of carboxylic acids is 1. The summed E-state index contributed by atoms with van der Waals surface area (Å²) in [7, 11) is 0. The van der Waals surface area contributed by atoms with Gasteiger partial charge in [0.1, 0.15) is 0 Å². The Kier molecular flexibility index (Phi) is 2.88. The Bertz CT molecular complexity index is 143. The van der Waals surface area contributed by atoms with E-state index in [0.717, 1.165) is 0 Å². The minimum Gasteiger partial charge on any atom is -0.480 e. The summed E-state index contributed by atoms with van der Waals surface area (Å²) in [5.41, 5.74) is 0. The molecule has 0 heterocycles. The van der Waals surface area contributed by atoms with Gasteiger partial charge in [-0.1, -0.05) is 6.42 Å². The van der Waals surface area contributed by atoms with Gasteiger partial charge >= 0.3 is 5.97 Å². The Morgan fingerprint density at radius 3 is 2.73 bits per heavy atom. The standard InChI is InChI=1S/C8H15NO2/c1-6(7-3-2-4-7)9-5-8(10)11/h6-7,9H,2-5H2,1H3,(H,10,11). The zero-order chi connectivity index (χ0) is 8.27. The number of aliphatic carboxylic acids is 1. The van der Waals surface area contributed by atoms with Crippen molar-refractivity contribution in [1.82, 2.24) is 5.32 Å². The first kappa shape index (κ1) is 8.53. The van der Waals surface area contributed by atoms with Crippen LogP contribution in [0.5, 0.6) is 0 Å². The lowest BCUT2D eigenvalue weighted by atomic mass is 9.80. The second-order valence-corrected chi connectivity index (χ2v) is 3.25. The van der Waals surface area contributed by atoms with E-state index in [1.807, 2.05) is 0 Å². The van der Waals surface area contributed by atoms with Crippen LogP contribution in [0.3, 0.4) is 0 Å². The fourth-order valence-corrected chi connectivity index (χ4v) is 1.35. The molecule has 0 radical (unpaired) electrons. The Morgan fingerprint density at radius 1 is 1.73 bits per heavy atom. The molecule has 1 aliphatic carbocycles. The van der Waals surface area contributed by atoms with Gasteiger partial charge in [0, 0.05) is 6.04 Å². The maximum atomic E-state index is 10.2. The largest absolute Gasteiger partial charge is 0.480 e. The Balaban J connectivity index is 2.09. The van der Waals surface area contributed by atoms with Crippen LogP contribution in [0.4, 0.5) is 0 Å². The number of carbonyl (C=O) groups is 1. The van der Waals surface area contributed by atoms with E-state index in [-0.39, 0.29) is 6.54 Å². The molecule has 0 aromatic heterocycles. The molecule has 2 N–H and O–H groups in total. The molecule has 0 aromatic carbocycles. The van der Waals surface area contributed by atoms with E-state index in [1.165, 1.54) is 19.3 Å². The number of hydrogen-bond donors (Lipinski definition) is 2. The van der Waals surface area contributed by atoms with Gasteiger partial charge in [0.2, 0.25) is 0 Å². The zero-order valence-electron chi connectivity index (χ0n) is 6.84. The van der Waals surface area contributed by atoms with Crippen LogP contribution in [-0.4, -0.2) is 23.7 Å². The van der Waals surface area contributed by atoms with Crippen LogP contribution in [0.25, 0.3) is 0 Å². The molecule has 0 saturated heterocycles. The van der Waals surface area contributed by atoms with Crippen molar-refractivity contribution in [2.45, 2.75) is 32.2 Å². The minimum atomic E-state index is -0.767. The van der Waals surface area contributed by atoms with Crippen LogP contribution < -0.4 is 5.32 Å². The molecule has 11 heavy (non-hydrogen) atoms. The van der Waals surface area contributed by atoms with Crippen molar-refractivity contribution < 1.29 is 9.90 Å². The monoisotopic (exact) mass is 157 g/mol. The number of hydrogen-bond acceptors (Lipinski definition) is 2. The molecule has 1 unspecified atom stereocenters. The zero-order valence-corrected chi connectivity index (χ0v) is 6.84. The SMILES string of the molecule is CC(NCC(=O)O)C1CCC1. The highest BCUT2D eigenvalue weighted by Gasteiger charge is 2.23. The second-order valence-electron chi connectivity index (χ2n) is 3.25. The highest BCUT2D eigenvalue weighted by Crippen LogP contribution is 2.29. The molecule has 1 atom stereocenters. The van der Waals surface area contributed by atoms with E-state index in [1.54, 1.807) is 0 Å². The van der Waals surface area contributed by atoms with Gasteiger partial charge in [-0.3, -0.25) is 4.79 Å². The lowest BCUT2D eigenvalue weighted by Gasteiger charge is -2.31. The molecule has 3 nitrogen and oxygen atoms in total. The van der Waals surface area contributed by atoms with Crippen LogP contribution in [0, 0.1) is 5.92 Å². The van der Waals surface area contributed by atoms with Crippen LogP contribution in [0.2, 0.25) is 0 Å². The van der Waals surface area contributed by atoms with E-state index >= 15 is 0 Å². The average Bonchev–Trinajstić information content (AvgIpc) is 1.79. The lowest BCUT2D eigenvalue weighted by Crippen LogP contribution is -2.39. The normalized spacial score (nSPS) is 20.8. The maximum absolute atomic E-state index is 10.2. The third-order valence-corrected chi connectivity index (χ3v) is 2.43.